The molecule has 0 unspecified atom stereocenters. The Hall–Kier alpha value is -1.54. The average molecular weight is 809 g/mol. The van der Waals surface area contributed by atoms with Crippen LogP contribution >= 0.6 is 23.2 Å². The molecule has 244 valence electrons. The molecule has 1 heterocycles. The standard InChI is InChI=1S/C25H17Cl2N7O10S3.3Na/c26-23-30-24(27)32-25(31-23)29-17-11-15(45(36,37)38)8-12-9-19(47(42,43)44)21(22(35)20(12)17)34-33-14-6-7-16(18(10-14)46(39,40)41)28-13-4-2-1-3-5-13;;;/h1-11,28,35H,(H,36,37,38)(H,39,40,41)(H,42,43,44)(H,29,30,31,32);;;/q;3*+1/p-3. The number of anilines is 4. The molecule has 0 aliphatic carbocycles. The van der Waals surface area contributed by atoms with Crippen molar-refractivity contribution in [2.45, 2.75) is 14.7 Å². The maximum atomic E-state index is 13.7. The molecule has 4 aromatic carbocycles. The Morgan fingerprint density at radius 1 is 0.700 bits per heavy atom. The molecule has 0 aliphatic heterocycles. The first-order valence-electron chi connectivity index (χ1n) is 12.3. The molecule has 5 aromatic rings. The third-order valence-electron chi connectivity index (χ3n) is 6.05. The third kappa shape index (κ3) is 10.8. The molecule has 0 amide bonds. The summed E-state index contributed by atoms with van der Waals surface area (Å²) in [7, 11) is -15.6. The molecule has 0 saturated heterocycles. The van der Waals surface area contributed by atoms with E-state index in [0.717, 1.165) is 12.1 Å². The van der Waals surface area contributed by atoms with E-state index in [9.17, 15) is 44.0 Å². The SMILES string of the molecule is O=S(=O)([O-])c1cc(Nc2nc(Cl)nc(Cl)n2)c2c([O-])c(N=Nc3ccc(Nc4ccccc4)c(S(=O)(=O)[O-])c3)c(S(=O)(=O)O)cc2c1.[Na+].[Na+].[Na+]. The van der Waals surface area contributed by atoms with Crippen LogP contribution in [-0.4, -0.2) is 53.9 Å². The topological polar surface area (TPSA) is 279 Å². The zero-order chi connectivity index (χ0) is 34.3. The first-order chi connectivity index (χ1) is 21.9. The molecule has 0 aliphatic rings. The minimum atomic E-state index is -5.28. The molecule has 3 N–H and O–H groups in total. The summed E-state index contributed by atoms with van der Waals surface area (Å²) in [5.74, 6) is -1.70. The predicted octanol–water partition coefficient (Wildman–Crippen LogP) is -4.63. The van der Waals surface area contributed by atoms with Crippen LogP contribution < -0.4 is 104 Å². The number of halogens is 2. The van der Waals surface area contributed by atoms with Crippen LogP contribution in [-0.2, 0) is 30.4 Å². The van der Waals surface area contributed by atoms with Gasteiger partial charge in [-0.2, -0.15) is 28.5 Å². The Balaban J connectivity index is 0.00000289. The zero-order valence-electron chi connectivity index (χ0n) is 25.7. The van der Waals surface area contributed by atoms with Crippen LogP contribution in [0.4, 0.5) is 34.4 Å². The van der Waals surface area contributed by atoms with Gasteiger partial charge in [0.1, 0.15) is 25.1 Å². The molecule has 0 atom stereocenters. The van der Waals surface area contributed by atoms with E-state index < -0.39 is 89.5 Å². The number of nitrogens with zero attached hydrogens (tertiary/aromatic N) is 5. The monoisotopic (exact) mass is 807 g/mol. The van der Waals surface area contributed by atoms with Gasteiger partial charge in [0.2, 0.25) is 16.5 Å². The summed E-state index contributed by atoms with van der Waals surface area (Å²) in [6.45, 7) is 0. The van der Waals surface area contributed by atoms with E-state index in [1.54, 1.807) is 30.3 Å². The molecule has 17 nitrogen and oxygen atoms in total. The van der Waals surface area contributed by atoms with Gasteiger partial charge in [0.05, 0.1) is 26.9 Å². The fraction of sp³-hybridized carbons (Fsp3) is 0. The van der Waals surface area contributed by atoms with Crippen LogP contribution in [0, 0.1) is 0 Å². The summed E-state index contributed by atoms with van der Waals surface area (Å²) in [5.41, 5.74) is -1.51. The number of azo groups is 1. The second-order valence-electron chi connectivity index (χ2n) is 9.20. The largest absolute Gasteiger partial charge is 1.00 e. The van der Waals surface area contributed by atoms with E-state index in [0.29, 0.717) is 17.8 Å². The number of hydrogen-bond acceptors (Lipinski definition) is 16. The number of benzene rings is 4. The van der Waals surface area contributed by atoms with Crippen LogP contribution in [0.2, 0.25) is 10.6 Å². The van der Waals surface area contributed by atoms with Gasteiger partial charge in [-0.15, -0.1) is 5.11 Å². The molecule has 0 radical (unpaired) electrons. The predicted molar refractivity (Wildman–Crippen MR) is 163 cm³/mol. The second kappa shape index (κ2) is 17.5. The number of aromatic nitrogens is 3. The number of fused-ring (bicyclic) bond motifs is 1. The van der Waals surface area contributed by atoms with Crippen molar-refractivity contribution in [1.82, 2.24) is 15.0 Å². The van der Waals surface area contributed by atoms with Gasteiger partial charge in [-0.1, -0.05) is 23.9 Å². The molecule has 25 heteroatoms. The maximum absolute atomic E-state index is 13.7. The summed E-state index contributed by atoms with van der Waals surface area (Å²) in [5, 5.41) is 24.6. The number of rotatable bonds is 9. The average Bonchev–Trinajstić information content (AvgIpc) is 2.95. The van der Waals surface area contributed by atoms with Crippen LogP contribution in [0.25, 0.3) is 10.8 Å². The van der Waals surface area contributed by atoms with E-state index in [1.165, 1.54) is 12.1 Å². The van der Waals surface area contributed by atoms with Gasteiger partial charge in [0.15, 0.2) is 0 Å². The maximum Gasteiger partial charge on any atom is 1.00 e. The molecule has 0 bridgehead atoms. The van der Waals surface area contributed by atoms with Crippen molar-refractivity contribution in [1.29, 1.82) is 0 Å². The Morgan fingerprint density at radius 2 is 1.32 bits per heavy atom. The van der Waals surface area contributed by atoms with Crippen LogP contribution in [0.15, 0.2) is 91.6 Å². The third-order valence-corrected chi connectivity index (χ3v) is 8.95. The summed E-state index contributed by atoms with van der Waals surface area (Å²) in [6, 6.07) is 13.4. The second-order valence-corrected chi connectivity index (χ2v) is 14.0. The molecular weight excluding hydrogens is 794 g/mol. The fourth-order valence-corrected chi connectivity index (χ4v) is 6.35. The fourth-order valence-electron chi connectivity index (χ4n) is 4.15. The minimum Gasteiger partial charge on any atom is -0.870 e. The van der Waals surface area contributed by atoms with E-state index in [-0.39, 0.29) is 100 Å². The van der Waals surface area contributed by atoms with Gasteiger partial charge in [-0.3, -0.25) is 4.55 Å². The van der Waals surface area contributed by atoms with Gasteiger partial charge in [0, 0.05) is 11.4 Å². The molecule has 0 saturated carbocycles. The molecule has 0 spiro atoms. The first-order valence-corrected chi connectivity index (χ1v) is 17.3. The van der Waals surface area contributed by atoms with Gasteiger partial charge in [0.25, 0.3) is 10.1 Å². The Bertz CT molecular complexity index is 2430. The quantitative estimate of drug-likeness (QED) is 0.0718. The number of para-hydroxylation sites is 1. The molecule has 1 aromatic heterocycles. The van der Waals surface area contributed by atoms with E-state index in [1.807, 2.05) is 0 Å². The van der Waals surface area contributed by atoms with Crippen molar-refractivity contribution in [2.75, 3.05) is 10.6 Å². The van der Waals surface area contributed by atoms with Crippen LogP contribution in [0.1, 0.15) is 0 Å². The summed E-state index contributed by atoms with van der Waals surface area (Å²) >= 11 is 11.6. The molecule has 0 fully saturated rings. The number of hydrogen-bond donors (Lipinski definition) is 3. The molecule has 5 rings (SSSR count). The van der Waals surface area contributed by atoms with Crippen LogP contribution in [0.5, 0.6) is 5.75 Å². The Labute approximate surface area is 360 Å². The molecule has 50 heavy (non-hydrogen) atoms. The van der Waals surface area contributed by atoms with Crippen molar-refractivity contribution >= 4 is 98.7 Å². The normalized spacial score (nSPS) is 11.7. The van der Waals surface area contributed by atoms with E-state index in [4.69, 9.17) is 23.2 Å². The van der Waals surface area contributed by atoms with Crippen molar-refractivity contribution in [3.8, 4) is 5.75 Å². The summed E-state index contributed by atoms with van der Waals surface area (Å²) in [4.78, 5) is 8.17. The van der Waals surface area contributed by atoms with E-state index >= 15 is 0 Å². The van der Waals surface area contributed by atoms with Crippen LogP contribution in [0.3, 0.4) is 0 Å². The van der Waals surface area contributed by atoms with Gasteiger partial charge < -0.3 is 24.8 Å². The first kappa shape index (κ1) is 44.6. The minimum absolute atomic E-state index is 0. The van der Waals surface area contributed by atoms with Crippen molar-refractivity contribution in [2.24, 2.45) is 10.2 Å². The van der Waals surface area contributed by atoms with Gasteiger partial charge in [-0.25, -0.2) is 16.8 Å². The van der Waals surface area contributed by atoms with Crippen molar-refractivity contribution < 1.29 is 133 Å². The van der Waals surface area contributed by atoms with Gasteiger partial charge in [-0.05, 0) is 82.5 Å². The number of nitrogens with one attached hydrogen (secondary N) is 2. The smallest absolute Gasteiger partial charge is 0.870 e. The summed E-state index contributed by atoms with van der Waals surface area (Å²) < 4.78 is 106. The Morgan fingerprint density at radius 3 is 1.88 bits per heavy atom. The van der Waals surface area contributed by atoms with Crippen molar-refractivity contribution in [3.05, 3.63) is 77.3 Å². The zero-order valence-corrected chi connectivity index (χ0v) is 35.7. The summed E-state index contributed by atoms with van der Waals surface area (Å²) in [6.07, 6.45) is 0. The van der Waals surface area contributed by atoms with Crippen molar-refractivity contribution in [3.63, 3.8) is 0 Å². The van der Waals surface area contributed by atoms with Gasteiger partial charge >= 0.3 is 88.7 Å². The molecular formula is C25H14Cl2N7Na3O10S3. The van der Waals surface area contributed by atoms with E-state index in [2.05, 4.69) is 35.8 Å². The Kier molecular flexibility index (Phi) is 15.6.